The highest BCUT2D eigenvalue weighted by Gasteiger charge is 1.97. The molecule has 0 amide bonds. The molecule has 1 heterocycles. The van der Waals surface area contributed by atoms with Gasteiger partial charge in [-0.3, -0.25) is 0 Å². The number of unbranched alkanes of at least 4 members (excludes halogenated alkanes) is 1. The van der Waals surface area contributed by atoms with Gasteiger partial charge in [-0.05, 0) is 41.5 Å². The number of tetrazole rings is 1. The summed E-state index contributed by atoms with van der Waals surface area (Å²) < 4.78 is 5.54. The second-order valence-electron chi connectivity index (χ2n) is 3.39. The van der Waals surface area contributed by atoms with Gasteiger partial charge in [0.2, 0.25) is 0 Å². The third-order valence-corrected chi connectivity index (χ3v) is 2.15. The van der Waals surface area contributed by atoms with Crippen LogP contribution in [0, 0.1) is 6.07 Å². The van der Waals surface area contributed by atoms with Crippen LogP contribution in [0.25, 0.3) is 0 Å². The SMILES string of the molecule is [c]1ccc(OCCCCc2nnn[nH]2)cc1. The summed E-state index contributed by atoms with van der Waals surface area (Å²) in [5.41, 5.74) is 0. The standard InChI is InChI=1S/C11H13N4O/c1-2-6-10(7-3-1)16-9-5-4-8-11-12-14-15-13-11/h2-3,6-7H,4-5,8-9H2,(H,12,13,14,15). The molecule has 0 spiro atoms. The first kappa shape index (κ1) is 10.6. The van der Waals surface area contributed by atoms with E-state index >= 15 is 0 Å². The van der Waals surface area contributed by atoms with E-state index in [2.05, 4.69) is 26.7 Å². The maximum Gasteiger partial charge on any atom is 0.148 e. The van der Waals surface area contributed by atoms with E-state index in [-0.39, 0.29) is 0 Å². The molecule has 16 heavy (non-hydrogen) atoms. The van der Waals surface area contributed by atoms with Gasteiger partial charge in [0, 0.05) is 6.42 Å². The monoisotopic (exact) mass is 217 g/mol. The molecular weight excluding hydrogens is 204 g/mol. The molecule has 0 aliphatic rings. The average Bonchev–Trinajstić information content (AvgIpc) is 2.83. The molecule has 0 aliphatic heterocycles. The number of nitrogens with one attached hydrogen (secondary N) is 1. The van der Waals surface area contributed by atoms with E-state index in [4.69, 9.17) is 4.74 Å². The lowest BCUT2D eigenvalue weighted by Crippen LogP contribution is -1.98. The Morgan fingerprint density at radius 3 is 2.88 bits per heavy atom. The summed E-state index contributed by atoms with van der Waals surface area (Å²) in [5.74, 6) is 1.72. The van der Waals surface area contributed by atoms with Gasteiger partial charge in [0.1, 0.15) is 11.6 Å². The first-order valence-electron chi connectivity index (χ1n) is 5.26. The van der Waals surface area contributed by atoms with Crippen molar-refractivity contribution >= 4 is 0 Å². The first-order valence-corrected chi connectivity index (χ1v) is 5.26. The molecular formula is C11H13N4O. The molecule has 0 fully saturated rings. The first-order chi connectivity index (χ1) is 7.95. The van der Waals surface area contributed by atoms with E-state index < -0.39 is 0 Å². The van der Waals surface area contributed by atoms with Gasteiger partial charge in [-0.1, -0.05) is 12.1 Å². The van der Waals surface area contributed by atoms with Crippen LogP contribution in [0.15, 0.2) is 24.3 Å². The average molecular weight is 217 g/mol. The van der Waals surface area contributed by atoms with Crippen molar-refractivity contribution in [2.45, 2.75) is 19.3 Å². The van der Waals surface area contributed by atoms with E-state index in [1.807, 2.05) is 24.3 Å². The normalized spacial score (nSPS) is 10.2. The van der Waals surface area contributed by atoms with Gasteiger partial charge < -0.3 is 4.74 Å². The zero-order valence-electron chi connectivity index (χ0n) is 8.89. The highest BCUT2D eigenvalue weighted by Crippen LogP contribution is 2.08. The predicted octanol–water partition coefficient (Wildman–Crippen LogP) is 1.40. The Bertz CT molecular complexity index is 388. The summed E-state index contributed by atoms with van der Waals surface area (Å²) >= 11 is 0. The number of aromatic amines is 1. The summed E-state index contributed by atoms with van der Waals surface area (Å²) in [5, 5.41) is 13.6. The zero-order chi connectivity index (χ0) is 11.1. The Kier molecular flexibility index (Phi) is 3.87. The molecule has 2 rings (SSSR count). The van der Waals surface area contributed by atoms with Gasteiger partial charge in [0.05, 0.1) is 6.61 Å². The highest BCUT2D eigenvalue weighted by molar-refractivity contribution is 5.20. The quantitative estimate of drug-likeness (QED) is 0.743. The van der Waals surface area contributed by atoms with Gasteiger partial charge in [0.15, 0.2) is 0 Å². The lowest BCUT2D eigenvalue weighted by molar-refractivity contribution is 0.306. The zero-order valence-corrected chi connectivity index (χ0v) is 8.89. The third kappa shape index (κ3) is 3.34. The van der Waals surface area contributed by atoms with Crippen LogP contribution in [0.3, 0.4) is 0 Å². The molecule has 83 valence electrons. The summed E-state index contributed by atoms with van der Waals surface area (Å²) in [7, 11) is 0. The van der Waals surface area contributed by atoms with Crippen LogP contribution in [0.2, 0.25) is 0 Å². The van der Waals surface area contributed by atoms with E-state index in [1.54, 1.807) is 0 Å². The Morgan fingerprint density at radius 2 is 2.12 bits per heavy atom. The minimum Gasteiger partial charge on any atom is -0.494 e. The number of aromatic nitrogens is 4. The molecule has 5 nitrogen and oxygen atoms in total. The molecule has 1 radical (unpaired) electrons. The van der Waals surface area contributed by atoms with Crippen LogP contribution < -0.4 is 4.74 Å². The summed E-state index contributed by atoms with van der Waals surface area (Å²) in [6.45, 7) is 0.714. The minimum absolute atomic E-state index is 0.714. The second kappa shape index (κ2) is 5.85. The number of nitrogens with zero attached hydrogens (tertiary/aromatic N) is 3. The molecule has 0 saturated carbocycles. The third-order valence-electron chi connectivity index (χ3n) is 2.15. The van der Waals surface area contributed by atoms with Crippen LogP contribution in [-0.2, 0) is 6.42 Å². The molecule has 0 aliphatic carbocycles. The van der Waals surface area contributed by atoms with E-state index in [1.165, 1.54) is 0 Å². The fraction of sp³-hybridized carbons (Fsp3) is 0.364. The lowest BCUT2D eigenvalue weighted by atomic mass is 10.2. The van der Waals surface area contributed by atoms with Gasteiger partial charge >= 0.3 is 0 Å². The Labute approximate surface area is 93.8 Å². The highest BCUT2D eigenvalue weighted by atomic mass is 16.5. The van der Waals surface area contributed by atoms with Crippen molar-refractivity contribution in [1.82, 2.24) is 20.6 Å². The summed E-state index contributed by atoms with van der Waals surface area (Å²) in [6, 6.07) is 10.4. The second-order valence-corrected chi connectivity index (χ2v) is 3.39. The van der Waals surface area contributed by atoms with Crippen molar-refractivity contribution in [2.24, 2.45) is 0 Å². The van der Waals surface area contributed by atoms with E-state index in [0.29, 0.717) is 6.61 Å². The van der Waals surface area contributed by atoms with Crippen molar-refractivity contribution in [1.29, 1.82) is 0 Å². The van der Waals surface area contributed by atoms with Crippen molar-refractivity contribution in [3.63, 3.8) is 0 Å². The Balaban J connectivity index is 1.59. The van der Waals surface area contributed by atoms with Crippen molar-refractivity contribution in [3.8, 4) is 5.75 Å². The van der Waals surface area contributed by atoms with Crippen molar-refractivity contribution in [2.75, 3.05) is 6.61 Å². The Hall–Kier alpha value is -1.91. The topological polar surface area (TPSA) is 63.7 Å². The summed E-state index contributed by atoms with van der Waals surface area (Å²) in [6.07, 6.45) is 2.86. The van der Waals surface area contributed by atoms with Crippen LogP contribution in [0.4, 0.5) is 0 Å². The number of H-pyrrole nitrogens is 1. The Morgan fingerprint density at radius 1 is 1.25 bits per heavy atom. The molecule has 1 aromatic heterocycles. The minimum atomic E-state index is 0.714. The number of hydrogen-bond donors (Lipinski definition) is 1. The number of aryl methyl sites for hydroxylation is 1. The van der Waals surface area contributed by atoms with E-state index in [9.17, 15) is 0 Å². The molecule has 5 heteroatoms. The van der Waals surface area contributed by atoms with Crippen LogP contribution in [0.1, 0.15) is 18.7 Å². The molecule has 0 bridgehead atoms. The largest absolute Gasteiger partial charge is 0.494 e. The fourth-order valence-corrected chi connectivity index (χ4v) is 1.34. The van der Waals surface area contributed by atoms with Gasteiger partial charge in [-0.2, -0.15) is 0 Å². The van der Waals surface area contributed by atoms with Gasteiger partial charge in [-0.25, -0.2) is 5.10 Å². The maximum atomic E-state index is 5.54. The predicted molar refractivity (Wildman–Crippen MR) is 57.9 cm³/mol. The van der Waals surface area contributed by atoms with Gasteiger partial charge in [0.25, 0.3) is 0 Å². The molecule has 1 aromatic carbocycles. The molecule has 0 atom stereocenters. The molecule has 0 unspecified atom stereocenters. The number of benzene rings is 1. The van der Waals surface area contributed by atoms with Crippen LogP contribution >= 0.6 is 0 Å². The fourth-order valence-electron chi connectivity index (χ4n) is 1.34. The number of hydrogen-bond acceptors (Lipinski definition) is 4. The van der Waals surface area contributed by atoms with Crippen LogP contribution in [-0.4, -0.2) is 27.2 Å². The maximum absolute atomic E-state index is 5.54. The lowest BCUT2D eigenvalue weighted by Gasteiger charge is -2.04. The van der Waals surface area contributed by atoms with E-state index in [0.717, 1.165) is 30.8 Å². The smallest absolute Gasteiger partial charge is 0.148 e. The van der Waals surface area contributed by atoms with Crippen molar-refractivity contribution in [3.05, 3.63) is 36.2 Å². The van der Waals surface area contributed by atoms with Gasteiger partial charge in [-0.15, -0.1) is 5.10 Å². The number of rotatable bonds is 6. The van der Waals surface area contributed by atoms with Crippen LogP contribution in [0.5, 0.6) is 5.75 Å². The molecule has 0 saturated heterocycles. The molecule has 1 N–H and O–H groups in total. The number of ether oxygens (including phenoxy) is 1. The summed E-state index contributed by atoms with van der Waals surface area (Å²) in [4.78, 5) is 0. The van der Waals surface area contributed by atoms with Crippen molar-refractivity contribution < 1.29 is 4.74 Å². The molecule has 2 aromatic rings.